The van der Waals surface area contributed by atoms with Crippen LogP contribution in [0.15, 0.2) is 18.2 Å². The molecule has 1 aliphatic carbocycles. The van der Waals surface area contributed by atoms with E-state index in [-0.39, 0.29) is 24.3 Å². The number of piperidine rings is 1. The lowest BCUT2D eigenvalue weighted by atomic mass is 9.87. The average molecular weight is 373 g/mol. The Hall–Kier alpha value is -1.95. The molecule has 146 valence electrons. The molecule has 0 spiro atoms. The highest BCUT2D eigenvalue weighted by atomic mass is 19.1. The highest BCUT2D eigenvalue weighted by molar-refractivity contribution is 5.83. The molecule has 1 aromatic rings. The fourth-order valence-electron chi connectivity index (χ4n) is 4.88. The minimum Gasteiger partial charge on any atom is -0.345 e. The minimum absolute atomic E-state index is 0.0100. The number of hydrogen-bond acceptors (Lipinski definition) is 3. The fraction of sp³-hybridized carbons (Fsp3) is 0.619. The molecule has 3 aliphatic rings. The molecule has 2 fully saturated rings. The number of likely N-dealkylation sites (tertiary alicyclic amines) is 2. The number of halogens is 1. The van der Waals surface area contributed by atoms with E-state index in [1.54, 1.807) is 4.90 Å². The fourth-order valence-corrected chi connectivity index (χ4v) is 4.88. The Morgan fingerprint density at radius 2 is 2.04 bits per heavy atom. The van der Waals surface area contributed by atoms with E-state index in [4.69, 9.17) is 5.73 Å². The molecule has 4 atom stereocenters. The van der Waals surface area contributed by atoms with Crippen LogP contribution >= 0.6 is 0 Å². The predicted octanol–water partition coefficient (Wildman–Crippen LogP) is 1.95. The third-order valence-corrected chi connectivity index (χ3v) is 6.55. The van der Waals surface area contributed by atoms with Gasteiger partial charge in [0.25, 0.3) is 0 Å². The number of fused-ring (bicyclic) bond motifs is 1. The van der Waals surface area contributed by atoms with Crippen molar-refractivity contribution in [1.29, 1.82) is 0 Å². The number of amides is 2. The number of nitrogens with zero attached hydrogens (tertiary/aromatic N) is 2. The number of alkyl halides is 1. The summed E-state index contributed by atoms with van der Waals surface area (Å²) < 4.78 is 13.4. The van der Waals surface area contributed by atoms with Gasteiger partial charge < -0.3 is 15.5 Å². The van der Waals surface area contributed by atoms with Crippen LogP contribution in [0.4, 0.5) is 4.39 Å². The summed E-state index contributed by atoms with van der Waals surface area (Å²) in [6, 6.07) is 5.90. The van der Waals surface area contributed by atoms with Gasteiger partial charge in [0.2, 0.25) is 11.8 Å². The Labute approximate surface area is 159 Å². The molecule has 27 heavy (non-hydrogen) atoms. The standard InChI is InChI=1S/C21H28FN3O2/c1-24-11-15(4-7-19(24)26)13-2-5-17-14(10-13)3-6-18(17)20(23)21(27)25-9-8-16(22)12-25/h2,5,10,15-16,18,20H,3-4,6-9,11-12,23H2,1H3/t15?,16-,18-,20-/m0/s1. The first-order chi connectivity index (χ1) is 12.9. The van der Waals surface area contributed by atoms with Crippen molar-refractivity contribution in [2.75, 3.05) is 26.7 Å². The van der Waals surface area contributed by atoms with Crippen molar-refractivity contribution in [2.24, 2.45) is 5.73 Å². The minimum atomic E-state index is -0.917. The zero-order valence-electron chi connectivity index (χ0n) is 15.9. The van der Waals surface area contributed by atoms with Gasteiger partial charge in [-0.3, -0.25) is 9.59 Å². The van der Waals surface area contributed by atoms with Crippen molar-refractivity contribution in [3.8, 4) is 0 Å². The predicted molar refractivity (Wildman–Crippen MR) is 101 cm³/mol. The maximum absolute atomic E-state index is 13.4. The first-order valence-corrected chi connectivity index (χ1v) is 9.99. The largest absolute Gasteiger partial charge is 0.345 e. The van der Waals surface area contributed by atoms with E-state index < -0.39 is 12.2 Å². The van der Waals surface area contributed by atoms with Crippen LogP contribution in [0.5, 0.6) is 0 Å². The molecular formula is C21H28FN3O2. The first-order valence-electron chi connectivity index (χ1n) is 9.99. The van der Waals surface area contributed by atoms with E-state index >= 15 is 0 Å². The highest BCUT2D eigenvalue weighted by Gasteiger charge is 2.37. The summed E-state index contributed by atoms with van der Waals surface area (Å²) in [6.45, 7) is 1.41. The summed E-state index contributed by atoms with van der Waals surface area (Å²) in [4.78, 5) is 27.8. The smallest absolute Gasteiger partial charge is 0.240 e. The Balaban J connectivity index is 1.48. The number of carbonyl (C=O) groups excluding carboxylic acids is 2. The van der Waals surface area contributed by atoms with E-state index in [0.717, 1.165) is 31.4 Å². The SMILES string of the molecule is CN1CC(c2ccc3c(c2)CC[C@@H]3[C@H](N)C(=O)N2CC[C@H](F)C2)CCC1=O. The normalized spacial score (nSPS) is 29.1. The second kappa shape index (κ2) is 7.23. The van der Waals surface area contributed by atoms with Crippen molar-refractivity contribution in [3.05, 3.63) is 34.9 Å². The van der Waals surface area contributed by atoms with Gasteiger partial charge >= 0.3 is 0 Å². The van der Waals surface area contributed by atoms with Crippen molar-refractivity contribution in [3.63, 3.8) is 0 Å². The zero-order chi connectivity index (χ0) is 19.1. The van der Waals surface area contributed by atoms with E-state index in [9.17, 15) is 14.0 Å². The van der Waals surface area contributed by atoms with Gasteiger partial charge in [0, 0.05) is 38.4 Å². The molecule has 2 saturated heterocycles. The van der Waals surface area contributed by atoms with Gasteiger partial charge in [0.05, 0.1) is 12.6 Å². The van der Waals surface area contributed by atoms with Gasteiger partial charge in [-0.15, -0.1) is 0 Å². The van der Waals surface area contributed by atoms with Crippen LogP contribution in [0, 0.1) is 0 Å². The summed E-state index contributed by atoms with van der Waals surface area (Å²) in [5.41, 5.74) is 10.0. The summed E-state index contributed by atoms with van der Waals surface area (Å²) in [5, 5.41) is 0. The van der Waals surface area contributed by atoms with Crippen LogP contribution in [0.1, 0.15) is 54.2 Å². The number of benzene rings is 1. The van der Waals surface area contributed by atoms with E-state index in [0.29, 0.717) is 25.3 Å². The van der Waals surface area contributed by atoms with Gasteiger partial charge in [-0.05, 0) is 42.4 Å². The Kier molecular flexibility index (Phi) is 4.93. The lowest BCUT2D eigenvalue weighted by Crippen LogP contribution is -2.45. The molecule has 4 rings (SSSR count). The Morgan fingerprint density at radius 1 is 1.22 bits per heavy atom. The van der Waals surface area contributed by atoms with E-state index in [1.165, 1.54) is 11.1 Å². The molecule has 1 aromatic carbocycles. The monoisotopic (exact) mass is 373 g/mol. The molecule has 0 aromatic heterocycles. The summed E-state index contributed by atoms with van der Waals surface area (Å²) in [7, 11) is 1.86. The maximum atomic E-state index is 13.4. The first kappa shape index (κ1) is 18.4. The molecular weight excluding hydrogens is 345 g/mol. The third kappa shape index (κ3) is 3.47. The number of likely N-dealkylation sites (N-methyl/N-ethyl adjacent to an activating group) is 1. The second-order valence-corrected chi connectivity index (χ2v) is 8.31. The molecule has 6 heteroatoms. The topological polar surface area (TPSA) is 66.6 Å². The van der Waals surface area contributed by atoms with Crippen LogP contribution < -0.4 is 5.73 Å². The number of aryl methyl sites for hydroxylation is 1. The molecule has 5 nitrogen and oxygen atoms in total. The van der Waals surface area contributed by atoms with Crippen LogP contribution in [0.3, 0.4) is 0 Å². The molecule has 2 N–H and O–H groups in total. The molecule has 0 radical (unpaired) electrons. The lowest BCUT2D eigenvalue weighted by molar-refractivity contribution is -0.133. The maximum Gasteiger partial charge on any atom is 0.240 e. The van der Waals surface area contributed by atoms with Gasteiger partial charge in [0.1, 0.15) is 6.17 Å². The average Bonchev–Trinajstić information content (AvgIpc) is 3.28. The lowest BCUT2D eigenvalue weighted by Gasteiger charge is -2.30. The Morgan fingerprint density at radius 3 is 2.74 bits per heavy atom. The molecule has 2 heterocycles. The number of hydrogen-bond donors (Lipinski definition) is 1. The third-order valence-electron chi connectivity index (χ3n) is 6.55. The van der Waals surface area contributed by atoms with Gasteiger partial charge in [-0.25, -0.2) is 4.39 Å². The highest BCUT2D eigenvalue weighted by Crippen LogP contribution is 2.38. The summed E-state index contributed by atoms with van der Waals surface area (Å²) in [5.74, 6) is 0.480. The van der Waals surface area contributed by atoms with Crippen molar-refractivity contribution < 1.29 is 14.0 Å². The Bertz CT molecular complexity index is 753. The van der Waals surface area contributed by atoms with Crippen LogP contribution in [0.2, 0.25) is 0 Å². The molecule has 0 bridgehead atoms. The van der Waals surface area contributed by atoms with Crippen LogP contribution in [-0.4, -0.2) is 60.5 Å². The summed E-state index contributed by atoms with van der Waals surface area (Å²) in [6.07, 6.45) is 2.78. The van der Waals surface area contributed by atoms with E-state index in [2.05, 4.69) is 18.2 Å². The van der Waals surface area contributed by atoms with Gasteiger partial charge in [0.15, 0.2) is 0 Å². The second-order valence-electron chi connectivity index (χ2n) is 8.31. The zero-order valence-corrected chi connectivity index (χ0v) is 15.9. The molecule has 1 unspecified atom stereocenters. The quantitative estimate of drug-likeness (QED) is 0.881. The van der Waals surface area contributed by atoms with Gasteiger partial charge in [-0.1, -0.05) is 18.2 Å². The number of rotatable bonds is 3. The molecule has 0 saturated carbocycles. The summed E-state index contributed by atoms with van der Waals surface area (Å²) >= 11 is 0. The van der Waals surface area contributed by atoms with Crippen LogP contribution in [0.25, 0.3) is 0 Å². The molecule has 2 aliphatic heterocycles. The van der Waals surface area contributed by atoms with Crippen molar-refractivity contribution in [1.82, 2.24) is 9.80 Å². The van der Waals surface area contributed by atoms with Crippen molar-refractivity contribution in [2.45, 2.75) is 56.2 Å². The molecule has 2 amide bonds. The van der Waals surface area contributed by atoms with Crippen molar-refractivity contribution >= 4 is 11.8 Å². The number of carbonyl (C=O) groups is 2. The van der Waals surface area contributed by atoms with Gasteiger partial charge in [-0.2, -0.15) is 0 Å². The van der Waals surface area contributed by atoms with E-state index in [1.807, 2.05) is 11.9 Å². The number of nitrogens with two attached hydrogens (primary N) is 1. The van der Waals surface area contributed by atoms with Crippen LogP contribution in [-0.2, 0) is 16.0 Å².